The topological polar surface area (TPSA) is 106 Å². The number of para-hydroxylation sites is 1. The van der Waals surface area contributed by atoms with Crippen molar-refractivity contribution in [2.45, 2.75) is 32.6 Å². The number of hydrogen-bond acceptors (Lipinski definition) is 6. The van der Waals surface area contributed by atoms with Gasteiger partial charge in [0.15, 0.2) is 0 Å². The number of amides is 2. The Morgan fingerprint density at radius 2 is 1.73 bits per heavy atom. The Kier molecular flexibility index (Phi) is 7.44. The van der Waals surface area contributed by atoms with Gasteiger partial charge in [-0.25, -0.2) is 9.78 Å². The fourth-order valence-electron chi connectivity index (χ4n) is 4.31. The van der Waals surface area contributed by atoms with Crippen molar-refractivity contribution in [2.75, 3.05) is 19.7 Å². The van der Waals surface area contributed by atoms with Crippen LogP contribution in [0.1, 0.15) is 43.0 Å². The number of fused-ring (bicyclic) bond motifs is 1. The normalized spacial score (nSPS) is 18.0. The Bertz CT molecular complexity index is 1100. The van der Waals surface area contributed by atoms with E-state index >= 15 is 0 Å². The molecule has 0 unspecified atom stereocenters. The minimum atomic E-state index is -0.350. The Morgan fingerprint density at radius 3 is 2.42 bits per heavy atom. The fourth-order valence-corrected chi connectivity index (χ4v) is 4.31. The van der Waals surface area contributed by atoms with Gasteiger partial charge in [0, 0.05) is 30.9 Å². The molecule has 0 spiro atoms. The van der Waals surface area contributed by atoms with Crippen LogP contribution >= 0.6 is 0 Å². The molecule has 0 bridgehead atoms. The number of hydrogen-bond donors (Lipinski definition) is 2. The van der Waals surface area contributed by atoms with Gasteiger partial charge in [-0.2, -0.15) is 0 Å². The summed E-state index contributed by atoms with van der Waals surface area (Å²) >= 11 is 0. The van der Waals surface area contributed by atoms with Crippen molar-refractivity contribution in [3.8, 4) is 11.4 Å². The third kappa shape index (κ3) is 5.83. The summed E-state index contributed by atoms with van der Waals surface area (Å²) in [6.07, 6.45) is 8.63. The summed E-state index contributed by atoms with van der Waals surface area (Å²) in [5.74, 6) is 0.783. The maximum atomic E-state index is 13.2. The van der Waals surface area contributed by atoms with E-state index in [1.54, 1.807) is 31.6 Å². The molecule has 0 radical (unpaired) electrons. The molecule has 3 aromatic rings. The van der Waals surface area contributed by atoms with E-state index in [4.69, 9.17) is 4.74 Å². The zero-order chi connectivity index (χ0) is 23.0. The summed E-state index contributed by atoms with van der Waals surface area (Å²) in [7, 11) is 0. The molecule has 1 aromatic carbocycles. The Morgan fingerprint density at radius 1 is 1.00 bits per heavy atom. The summed E-state index contributed by atoms with van der Waals surface area (Å²) in [5.41, 5.74) is 2.60. The largest absolute Gasteiger partial charge is 0.450 e. The van der Waals surface area contributed by atoms with Crippen LogP contribution in [-0.2, 0) is 4.74 Å². The molecule has 1 saturated carbocycles. The lowest BCUT2D eigenvalue weighted by molar-refractivity contribution is 0.0942. The number of rotatable bonds is 7. The molecule has 0 atom stereocenters. The van der Waals surface area contributed by atoms with Crippen molar-refractivity contribution in [2.24, 2.45) is 11.8 Å². The lowest BCUT2D eigenvalue weighted by Crippen LogP contribution is -2.35. The first-order chi connectivity index (χ1) is 16.1. The SMILES string of the molecule is CCOC(=O)NC[C@H]1CC[C@H](CNC(=O)c2cc(-c3cnccn3)nc3ccccc23)CC1. The smallest absolute Gasteiger partial charge is 0.407 e. The zero-order valence-electron chi connectivity index (χ0n) is 18.8. The molecule has 1 aliphatic carbocycles. The van der Waals surface area contributed by atoms with Gasteiger partial charge in [-0.3, -0.25) is 14.8 Å². The summed E-state index contributed by atoms with van der Waals surface area (Å²) in [5, 5.41) is 6.77. The number of ether oxygens (including phenoxy) is 1. The van der Waals surface area contributed by atoms with Gasteiger partial charge in [-0.1, -0.05) is 18.2 Å². The lowest BCUT2D eigenvalue weighted by atomic mass is 9.82. The highest BCUT2D eigenvalue weighted by atomic mass is 16.5. The second-order valence-corrected chi connectivity index (χ2v) is 8.36. The maximum Gasteiger partial charge on any atom is 0.407 e. The van der Waals surface area contributed by atoms with Crippen molar-refractivity contribution < 1.29 is 14.3 Å². The predicted molar refractivity (Wildman–Crippen MR) is 126 cm³/mol. The molecule has 0 aliphatic heterocycles. The highest BCUT2D eigenvalue weighted by Gasteiger charge is 2.23. The van der Waals surface area contributed by atoms with Gasteiger partial charge in [0.05, 0.1) is 29.6 Å². The van der Waals surface area contributed by atoms with Crippen LogP contribution in [0.15, 0.2) is 48.9 Å². The van der Waals surface area contributed by atoms with Crippen molar-refractivity contribution >= 4 is 22.9 Å². The van der Waals surface area contributed by atoms with Crippen LogP contribution in [-0.4, -0.2) is 46.6 Å². The molecule has 2 heterocycles. The first kappa shape index (κ1) is 22.6. The molecule has 172 valence electrons. The molecule has 2 amide bonds. The number of alkyl carbamates (subject to hydrolysis) is 1. The Labute approximate surface area is 193 Å². The fraction of sp³-hybridized carbons (Fsp3) is 0.400. The van der Waals surface area contributed by atoms with Crippen LogP contribution in [0.4, 0.5) is 4.79 Å². The highest BCUT2D eigenvalue weighted by molar-refractivity contribution is 6.07. The van der Waals surface area contributed by atoms with Gasteiger partial charge in [0.1, 0.15) is 5.69 Å². The minimum Gasteiger partial charge on any atom is -0.450 e. The van der Waals surface area contributed by atoms with Crippen molar-refractivity contribution in [1.29, 1.82) is 0 Å². The van der Waals surface area contributed by atoms with Crippen molar-refractivity contribution in [3.63, 3.8) is 0 Å². The molecular weight excluding hydrogens is 418 g/mol. The van der Waals surface area contributed by atoms with Gasteiger partial charge in [0.25, 0.3) is 5.91 Å². The summed E-state index contributed by atoms with van der Waals surface area (Å²) in [4.78, 5) is 37.7. The second-order valence-electron chi connectivity index (χ2n) is 8.36. The van der Waals surface area contributed by atoms with E-state index in [0.717, 1.165) is 36.6 Å². The van der Waals surface area contributed by atoms with Gasteiger partial charge in [0.2, 0.25) is 0 Å². The molecule has 8 nitrogen and oxygen atoms in total. The van der Waals surface area contributed by atoms with E-state index in [2.05, 4.69) is 25.6 Å². The number of nitrogens with one attached hydrogen (secondary N) is 2. The average Bonchev–Trinajstić information content (AvgIpc) is 2.86. The molecule has 2 N–H and O–H groups in total. The van der Waals surface area contributed by atoms with E-state index in [1.807, 2.05) is 24.3 Å². The van der Waals surface area contributed by atoms with Crippen LogP contribution in [0, 0.1) is 11.8 Å². The van der Waals surface area contributed by atoms with Gasteiger partial charge in [-0.05, 0) is 56.6 Å². The van der Waals surface area contributed by atoms with Crippen LogP contribution in [0.25, 0.3) is 22.3 Å². The van der Waals surface area contributed by atoms with E-state index in [1.165, 1.54) is 0 Å². The van der Waals surface area contributed by atoms with E-state index in [9.17, 15) is 9.59 Å². The van der Waals surface area contributed by atoms with Gasteiger partial charge < -0.3 is 15.4 Å². The van der Waals surface area contributed by atoms with Gasteiger partial charge >= 0.3 is 6.09 Å². The molecule has 4 rings (SSSR count). The lowest BCUT2D eigenvalue weighted by Gasteiger charge is -2.28. The predicted octanol–water partition coefficient (Wildman–Crippen LogP) is 3.97. The second kappa shape index (κ2) is 10.8. The molecule has 33 heavy (non-hydrogen) atoms. The Hall–Kier alpha value is -3.55. The van der Waals surface area contributed by atoms with Crippen LogP contribution in [0.5, 0.6) is 0 Å². The summed E-state index contributed by atoms with van der Waals surface area (Å²) < 4.78 is 4.92. The number of carbonyl (C=O) groups excluding carboxylic acids is 2. The van der Waals surface area contributed by atoms with Crippen LogP contribution in [0.3, 0.4) is 0 Å². The molecular formula is C25H29N5O3. The minimum absolute atomic E-state index is 0.107. The number of carbonyl (C=O) groups is 2. The maximum absolute atomic E-state index is 13.2. The number of aromatic nitrogens is 3. The zero-order valence-corrected chi connectivity index (χ0v) is 18.8. The van der Waals surface area contributed by atoms with E-state index in [-0.39, 0.29) is 12.0 Å². The van der Waals surface area contributed by atoms with E-state index < -0.39 is 0 Å². The van der Waals surface area contributed by atoms with Crippen molar-refractivity contribution in [1.82, 2.24) is 25.6 Å². The molecule has 1 aliphatic rings. The average molecular weight is 448 g/mol. The van der Waals surface area contributed by atoms with Crippen LogP contribution in [0.2, 0.25) is 0 Å². The standard InChI is InChI=1S/C25H29N5O3/c1-2-33-25(32)29-15-18-9-7-17(8-10-18)14-28-24(31)20-13-22(23-16-26-11-12-27-23)30-21-6-4-3-5-19(20)21/h3-6,11-13,16-18H,2,7-10,14-15H2,1H3,(H,28,31)(H,29,32)/t17-,18-. The van der Waals surface area contributed by atoms with Crippen molar-refractivity contribution in [3.05, 3.63) is 54.5 Å². The van der Waals surface area contributed by atoms with Crippen LogP contribution < -0.4 is 10.6 Å². The third-order valence-corrected chi connectivity index (χ3v) is 6.11. The summed E-state index contributed by atoms with van der Waals surface area (Å²) in [6.45, 7) is 3.45. The number of pyridine rings is 1. The number of nitrogens with zero attached hydrogens (tertiary/aromatic N) is 3. The molecule has 0 saturated heterocycles. The van der Waals surface area contributed by atoms with E-state index in [0.29, 0.717) is 48.5 Å². The molecule has 8 heteroatoms. The molecule has 1 fully saturated rings. The first-order valence-corrected chi connectivity index (χ1v) is 11.5. The highest BCUT2D eigenvalue weighted by Crippen LogP contribution is 2.28. The molecule has 2 aromatic heterocycles. The van der Waals surface area contributed by atoms with Gasteiger partial charge in [-0.15, -0.1) is 0 Å². The summed E-state index contributed by atoms with van der Waals surface area (Å²) in [6, 6.07) is 9.43. The Balaban J connectivity index is 1.37. The first-order valence-electron chi connectivity index (χ1n) is 11.5. The third-order valence-electron chi connectivity index (χ3n) is 6.11. The monoisotopic (exact) mass is 447 g/mol. The number of benzene rings is 1. The quantitative estimate of drug-likeness (QED) is 0.568.